The summed E-state index contributed by atoms with van der Waals surface area (Å²) in [5.74, 6) is 0.114. The summed E-state index contributed by atoms with van der Waals surface area (Å²) in [6, 6.07) is -0.00789. The standard InChI is InChI=1S/C14H25N3O3/c1-20-13(19)16-11-5-8-17(10-11)12(18)9-14(15)6-3-2-4-7-14/h11H,2-10,15H2,1H3,(H,16,19). The van der Waals surface area contributed by atoms with E-state index in [1.165, 1.54) is 13.5 Å². The average molecular weight is 283 g/mol. The van der Waals surface area contributed by atoms with Gasteiger partial charge in [0.15, 0.2) is 0 Å². The van der Waals surface area contributed by atoms with Crippen LogP contribution in [0.3, 0.4) is 0 Å². The molecule has 1 heterocycles. The molecule has 0 radical (unpaired) electrons. The Labute approximate surface area is 120 Å². The number of carbonyl (C=O) groups excluding carboxylic acids is 2. The number of likely N-dealkylation sites (tertiary alicyclic amines) is 1. The molecule has 1 atom stereocenters. The summed E-state index contributed by atoms with van der Waals surface area (Å²) >= 11 is 0. The minimum atomic E-state index is -0.438. The summed E-state index contributed by atoms with van der Waals surface area (Å²) in [6.45, 7) is 1.24. The van der Waals surface area contributed by atoms with Crippen LogP contribution in [0.2, 0.25) is 0 Å². The minimum absolute atomic E-state index is 0.00789. The molecule has 2 rings (SSSR count). The third-order valence-electron chi connectivity index (χ3n) is 4.40. The minimum Gasteiger partial charge on any atom is -0.453 e. The molecule has 0 spiro atoms. The monoisotopic (exact) mass is 283 g/mol. The Kier molecular flexibility index (Phi) is 4.86. The number of ether oxygens (including phenoxy) is 1. The van der Waals surface area contributed by atoms with E-state index >= 15 is 0 Å². The largest absolute Gasteiger partial charge is 0.453 e. The summed E-state index contributed by atoms with van der Waals surface area (Å²) < 4.78 is 4.57. The Hall–Kier alpha value is -1.30. The molecular formula is C14H25N3O3. The van der Waals surface area contributed by atoms with Gasteiger partial charge in [0, 0.05) is 25.0 Å². The molecule has 0 aromatic heterocycles. The van der Waals surface area contributed by atoms with Crippen molar-refractivity contribution in [1.29, 1.82) is 0 Å². The first-order valence-electron chi connectivity index (χ1n) is 7.43. The van der Waals surface area contributed by atoms with Gasteiger partial charge in [0.2, 0.25) is 5.91 Å². The van der Waals surface area contributed by atoms with E-state index < -0.39 is 6.09 Å². The number of methoxy groups -OCH3 is 1. The molecule has 0 aromatic rings. The van der Waals surface area contributed by atoms with Crippen molar-refractivity contribution in [2.24, 2.45) is 5.73 Å². The summed E-state index contributed by atoms with van der Waals surface area (Å²) in [6.07, 6.45) is 6.12. The first-order chi connectivity index (χ1) is 9.52. The molecule has 6 heteroatoms. The van der Waals surface area contributed by atoms with Crippen LogP contribution >= 0.6 is 0 Å². The summed E-state index contributed by atoms with van der Waals surface area (Å²) in [4.78, 5) is 25.3. The van der Waals surface area contributed by atoms with Crippen LogP contribution in [0.15, 0.2) is 0 Å². The fourth-order valence-corrected chi connectivity index (χ4v) is 3.18. The summed E-state index contributed by atoms with van der Waals surface area (Å²) in [5, 5.41) is 2.74. The van der Waals surface area contributed by atoms with Crippen LogP contribution < -0.4 is 11.1 Å². The maximum Gasteiger partial charge on any atom is 0.407 e. The smallest absolute Gasteiger partial charge is 0.407 e. The van der Waals surface area contributed by atoms with Crippen molar-refractivity contribution in [1.82, 2.24) is 10.2 Å². The van der Waals surface area contributed by atoms with Gasteiger partial charge >= 0.3 is 6.09 Å². The average Bonchev–Trinajstić information content (AvgIpc) is 2.87. The molecule has 2 aliphatic rings. The molecule has 114 valence electrons. The van der Waals surface area contributed by atoms with E-state index in [2.05, 4.69) is 10.1 Å². The number of amides is 2. The van der Waals surface area contributed by atoms with E-state index in [0.717, 1.165) is 32.1 Å². The van der Waals surface area contributed by atoms with Crippen molar-refractivity contribution in [2.45, 2.75) is 56.5 Å². The summed E-state index contributed by atoms with van der Waals surface area (Å²) in [7, 11) is 1.34. The summed E-state index contributed by atoms with van der Waals surface area (Å²) in [5.41, 5.74) is 6.01. The van der Waals surface area contributed by atoms with Crippen molar-refractivity contribution in [2.75, 3.05) is 20.2 Å². The van der Waals surface area contributed by atoms with Gasteiger partial charge in [-0.1, -0.05) is 19.3 Å². The molecule has 1 saturated carbocycles. The number of nitrogens with two attached hydrogens (primary N) is 1. The molecule has 2 fully saturated rings. The highest BCUT2D eigenvalue weighted by Crippen LogP contribution is 2.29. The maximum atomic E-state index is 12.3. The number of nitrogens with zero attached hydrogens (tertiary/aromatic N) is 1. The molecule has 3 N–H and O–H groups in total. The van der Waals surface area contributed by atoms with E-state index in [0.29, 0.717) is 19.5 Å². The van der Waals surface area contributed by atoms with E-state index in [1.54, 1.807) is 0 Å². The second-order valence-electron chi connectivity index (χ2n) is 6.06. The Morgan fingerprint density at radius 1 is 1.35 bits per heavy atom. The van der Waals surface area contributed by atoms with Gasteiger partial charge < -0.3 is 20.7 Å². The number of nitrogens with one attached hydrogen (secondary N) is 1. The predicted octanol–water partition coefficient (Wildman–Crippen LogP) is 0.995. The Morgan fingerprint density at radius 2 is 2.05 bits per heavy atom. The van der Waals surface area contributed by atoms with Crippen LogP contribution in [-0.4, -0.2) is 48.7 Å². The van der Waals surface area contributed by atoms with Crippen LogP contribution in [0.4, 0.5) is 4.79 Å². The zero-order valence-corrected chi connectivity index (χ0v) is 12.2. The highest BCUT2D eigenvalue weighted by molar-refractivity contribution is 5.78. The Bertz CT molecular complexity index is 367. The fraction of sp³-hybridized carbons (Fsp3) is 0.857. The van der Waals surface area contributed by atoms with Crippen molar-refractivity contribution in [3.8, 4) is 0 Å². The van der Waals surface area contributed by atoms with Crippen molar-refractivity contribution in [3.05, 3.63) is 0 Å². The normalized spacial score (nSPS) is 25.3. The molecule has 20 heavy (non-hydrogen) atoms. The zero-order valence-electron chi connectivity index (χ0n) is 12.2. The Balaban J connectivity index is 1.80. The molecule has 0 bridgehead atoms. The van der Waals surface area contributed by atoms with Gasteiger partial charge in [-0.2, -0.15) is 0 Å². The highest BCUT2D eigenvalue weighted by Gasteiger charge is 2.34. The highest BCUT2D eigenvalue weighted by atomic mass is 16.5. The van der Waals surface area contributed by atoms with Crippen LogP contribution in [0.1, 0.15) is 44.9 Å². The SMILES string of the molecule is COC(=O)NC1CCN(C(=O)CC2(N)CCCCC2)C1. The molecule has 1 saturated heterocycles. The quantitative estimate of drug-likeness (QED) is 0.809. The van der Waals surface area contributed by atoms with E-state index in [-0.39, 0.29) is 17.5 Å². The van der Waals surface area contributed by atoms with Crippen LogP contribution in [0.25, 0.3) is 0 Å². The van der Waals surface area contributed by atoms with Gasteiger partial charge in [-0.25, -0.2) is 4.79 Å². The van der Waals surface area contributed by atoms with E-state index in [1.807, 2.05) is 4.90 Å². The molecular weight excluding hydrogens is 258 g/mol. The molecule has 2 amide bonds. The topological polar surface area (TPSA) is 84.7 Å². The lowest BCUT2D eigenvalue weighted by Crippen LogP contribution is -2.47. The lowest BCUT2D eigenvalue weighted by molar-refractivity contribution is -0.131. The first-order valence-corrected chi connectivity index (χ1v) is 7.43. The first kappa shape index (κ1) is 15.1. The second-order valence-corrected chi connectivity index (χ2v) is 6.06. The van der Waals surface area contributed by atoms with Crippen LogP contribution in [0, 0.1) is 0 Å². The van der Waals surface area contributed by atoms with Gasteiger partial charge in [0.1, 0.15) is 0 Å². The van der Waals surface area contributed by atoms with Gasteiger partial charge in [-0.05, 0) is 19.3 Å². The fourth-order valence-electron chi connectivity index (χ4n) is 3.18. The molecule has 6 nitrogen and oxygen atoms in total. The van der Waals surface area contributed by atoms with Crippen molar-refractivity contribution >= 4 is 12.0 Å². The van der Waals surface area contributed by atoms with Gasteiger partial charge in [-0.15, -0.1) is 0 Å². The van der Waals surface area contributed by atoms with E-state index in [4.69, 9.17) is 5.73 Å². The third-order valence-corrected chi connectivity index (χ3v) is 4.40. The number of hydrogen-bond donors (Lipinski definition) is 2. The molecule has 1 aliphatic heterocycles. The number of carbonyl (C=O) groups is 2. The van der Waals surface area contributed by atoms with Gasteiger partial charge in [0.25, 0.3) is 0 Å². The second kappa shape index (κ2) is 6.43. The number of rotatable bonds is 3. The van der Waals surface area contributed by atoms with Gasteiger partial charge in [-0.3, -0.25) is 4.79 Å². The molecule has 1 unspecified atom stereocenters. The number of hydrogen-bond acceptors (Lipinski definition) is 4. The Morgan fingerprint density at radius 3 is 2.70 bits per heavy atom. The maximum absolute atomic E-state index is 12.3. The van der Waals surface area contributed by atoms with Crippen molar-refractivity contribution < 1.29 is 14.3 Å². The molecule has 0 aromatic carbocycles. The van der Waals surface area contributed by atoms with Gasteiger partial charge in [0.05, 0.1) is 13.2 Å². The molecule has 1 aliphatic carbocycles. The van der Waals surface area contributed by atoms with E-state index in [9.17, 15) is 9.59 Å². The zero-order chi connectivity index (χ0) is 14.6. The lowest BCUT2D eigenvalue weighted by atomic mass is 9.80. The predicted molar refractivity (Wildman–Crippen MR) is 75.1 cm³/mol. The van der Waals surface area contributed by atoms with Crippen LogP contribution in [-0.2, 0) is 9.53 Å². The number of alkyl carbamates (subject to hydrolysis) is 1. The lowest BCUT2D eigenvalue weighted by Gasteiger charge is -2.34. The van der Waals surface area contributed by atoms with Crippen LogP contribution in [0.5, 0.6) is 0 Å². The third kappa shape index (κ3) is 3.85. The van der Waals surface area contributed by atoms with Crippen molar-refractivity contribution in [3.63, 3.8) is 0 Å².